The minimum Gasteiger partial charge on any atom is -0.368 e. The number of rotatable bonds is 11. The first-order chi connectivity index (χ1) is 16.0. The number of hydrogen-bond acceptors (Lipinski definition) is 7. The zero-order valence-electron chi connectivity index (χ0n) is 18.1. The van der Waals surface area contributed by atoms with E-state index in [1.165, 1.54) is 13.0 Å². The second-order valence-corrected chi connectivity index (χ2v) is 8.20. The molecule has 10 heteroatoms. The summed E-state index contributed by atoms with van der Waals surface area (Å²) >= 11 is 7.58. The van der Waals surface area contributed by atoms with Crippen LogP contribution in [0.25, 0.3) is 17.5 Å². The molecule has 0 aliphatic carbocycles. The molecule has 33 heavy (non-hydrogen) atoms. The predicted molar refractivity (Wildman–Crippen MR) is 135 cm³/mol. The van der Waals surface area contributed by atoms with E-state index < -0.39 is 0 Å². The van der Waals surface area contributed by atoms with Crippen LogP contribution in [0.4, 0.5) is 11.6 Å². The SMILES string of the molecule is CC(=O)NCCNc1cc(NCCNC(=O)/C=C/c2ccsc2)nc(-c2ccc(Cl)cc2)n1. The number of aromatic nitrogens is 2. The number of hydrogen-bond donors (Lipinski definition) is 4. The molecule has 0 fully saturated rings. The van der Waals surface area contributed by atoms with Gasteiger partial charge < -0.3 is 21.3 Å². The number of anilines is 2. The molecule has 0 unspecified atom stereocenters. The van der Waals surface area contributed by atoms with E-state index in [0.29, 0.717) is 48.7 Å². The molecule has 2 aromatic heterocycles. The highest BCUT2D eigenvalue weighted by Gasteiger charge is 2.08. The summed E-state index contributed by atoms with van der Waals surface area (Å²) in [4.78, 5) is 32.2. The zero-order chi connectivity index (χ0) is 23.5. The molecule has 1 aromatic carbocycles. The topological polar surface area (TPSA) is 108 Å². The lowest BCUT2D eigenvalue weighted by Crippen LogP contribution is -2.27. The van der Waals surface area contributed by atoms with Crippen molar-refractivity contribution in [2.45, 2.75) is 6.92 Å². The molecule has 0 aliphatic rings. The molecular weight excluding hydrogens is 460 g/mol. The fourth-order valence-electron chi connectivity index (χ4n) is 2.76. The fraction of sp³-hybridized carbons (Fsp3) is 0.217. The van der Waals surface area contributed by atoms with Gasteiger partial charge in [0.2, 0.25) is 11.8 Å². The standard InChI is InChI=1S/C23H25ClN6O2S/c1-16(31)25-9-10-26-20-14-21(30-23(29-20)18-3-5-19(24)6-4-18)27-11-12-28-22(32)7-2-17-8-13-33-15-17/h2-8,13-15H,9-12H2,1H3,(H,25,31)(H,28,32)(H2,26,27,29,30)/b7-2+. The normalized spacial score (nSPS) is 10.7. The highest BCUT2D eigenvalue weighted by molar-refractivity contribution is 7.08. The minimum atomic E-state index is -0.159. The average Bonchev–Trinajstić information content (AvgIpc) is 3.32. The fourth-order valence-corrected chi connectivity index (χ4v) is 3.52. The van der Waals surface area contributed by atoms with E-state index >= 15 is 0 Å². The molecule has 0 aliphatic heterocycles. The van der Waals surface area contributed by atoms with Gasteiger partial charge >= 0.3 is 0 Å². The van der Waals surface area contributed by atoms with Crippen molar-refractivity contribution in [3.05, 3.63) is 63.8 Å². The van der Waals surface area contributed by atoms with E-state index in [4.69, 9.17) is 11.6 Å². The third kappa shape index (κ3) is 8.55. The van der Waals surface area contributed by atoms with Crippen molar-refractivity contribution < 1.29 is 9.59 Å². The maximum atomic E-state index is 12.0. The molecule has 4 N–H and O–H groups in total. The molecule has 8 nitrogen and oxygen atoms in total. The molecular formula is C23H25ClN6O2S. The van der Waals surface area contributed by atoms with Gasteiger partial charge in [-0.2, -0.15) is 11.3 Å². The van der Waals surface area contributed by atoms with Crippen molar-refractivity contribution >= 4 is 52.5 Å². The van der Waals surface area contributed by atoms with Gasteiger partial charge in [0.1, 0.15) is 11.6 Å². The van der Waals surface area contributed by atoms with Crippen LogP contribution in [0.5, 0.6) is 0 Å². The lowest BCUT2D eigenvalue weighted by Gasteiger charge is -2.12. The summed E-state index contributed by atoms with van der Waals surface area (Å²) in [5, 5.41) is 16.5. The lowest BCUT2D eigenvalue weighted by atomic mass is 10.2. The van der Waals surface area contributed by atoms with Crippen LogP contribution in [0.1, 0.15) is 12.5 Å². The molecule has 3 rings (SSSR count). The van der Waals surface area contributed by atoms with Crippen molar-refractivity contribution in [1.82, 2.24) is 20.6 Å². The third-order valence-electron chi connectivity index (χ3n) is 4.33. The van der Waals surface area contributed by atoms with E-state index in [0.717, 1.165) is 11.1 Å². The second-order valence-electron chi connectivity index (χ2n) is 6.99. The number of amides is 2. The smallest absolute Gasteiger partial charge is 0.244 e. The molecule has 3 aromatic rings. The van der Waals surface area contributed by atoms with Gasteiger partial charge in [-0.25, -0.2) is 9.97 Å². The lowest BCUT2D eigenvalue weighted by molar-refractivity contribution is -0.119. The molecule has 0 bridgehead atoms. The van der Waals surface area contributed by atoms with Crippen LogP contribution >= 0.6 is 22.9 Å². The van der Waals surface area contributed by atoms with E-state index in [1.54, 1.807) is 35.6 Å². The van der Waals surface area contributed by atoms with E-state index in [2.05, 4.69) is 31.2 Å². The Hall–Kier alpha value is -3.43. The molecule has 0 saturated heterocycles. The summed E-state index contributed by atoms with van der Waals surface area (Å²) in [6, 6.07) is 11.0. The van der Waals surface area contributed by atoms with Crippen LogP contribution in [0.2, 0.25) is 5.02 Å². The Bertz CT molecular complexity index is 1090. The van der Waals surface area contributed by atoms with Crippen LogP contribution in [0.15, 0.2) is 53.2 Å². The Kier molecular flexibility index (Phi) is 9.22. The summed E-state index contributed by atoms with van der Waals surface area (Å²) in [6.07, 6.45) is 3.30. The number of halogens is 1. The van der Waals surface area contributed by atoms with Crippen molar-refractivity contribution in [2.24, 2.45) is 0 Å². The van der Waals surface area contributed by atoms with Gasteiger partial charge in [-0.1, -0.05) is 11.6 Å². The van der Waals surface area contributed by atoms with Gasteiger partial charge in [-0.05, 0) is 52.7 Å². The highest BCUT2D eigenvalue weighted by Crippen LogP contribution is 2.22. The number of carbonyl (C=O) groups excluding carboxylic acids is 2. The van der Waals surface area contributed by atoms with E-state index in [-0.39, 0.29) is 11.8 Å². The number of thiophene rings is 1. The zero-order valence-corrected chi connectivity index (χ0v) is 19.7. The van der Waals surface area contributed by atoms with Gasteiger partial charge in [0.25, 0.3) is 0 Å². The van der Waals surface area contributed by atoms with Gasteiger partial charge in [0, 0.05) is 55.8 Å². The van der Waals surface area contributed by atoms with Crippen LogP contribution in [0, 0.1) is 0 Å². The van der Waals surface area contributed by atoms with Gasteiger partial charge in [0.05, 0.1) is 0 Å². The monoisotopic (exact) mass is 484 g/mol. The van der Waals surface area contributed by atoms with Crippen molar-refractivity contribution in [2.75, 3.05) is 36.8 Å². The van der Waals surface area contributed by atoms with E-state index in [1.807, 2.05) is 29.0 Å². The van der Waals surface area contributed by atoms with Crippen molar-refractivity contribution in [1.29, 1.82) is 0 Å². The van der Waals surface area contributed by atoms with Gasteiger partial charge in [-0.15, -0.1) is 0 Å². The maximum Gasteiger partial charge on any atom is 0.244 e. The Balaban J connectivity index is 1.59. The molecule has 0 spiro atoms. The molecule has 2 heterocycles. The summed E-state index contributed by atoms with van der Waals surface area (Å²) in [7, 11) is 0. The molecule has 0 radical (unpaired) electrons. The number of nitrogens with zero attached hydrogens (tertiary/aromatic N) is 2. The molecule has 0 saturated carbocycles. The first kappa shape index (κ1) is 24.2. The van der Waals surface area contributed by atoms with Gasteiger partial charge in [0.15, 0.2) is 5.82 Å². The van der Waals surface area contributed by atoms with Crippen LogP contribution in [0.3, 0.4) is 0 Å². The average molecular weight is 485 g/mol. The third-order valence-corrected chi connectivity index (χ3v) is 5.29. The number of carbonyl (C=O) groups is 2. The van der Waals surface area contributed by atoms with Crippen molar-refractivity contribution in [3.8, 4) is 11.4 Å². The highest BCUT2D eigenvalue weighted by atomic mass is 35.5. The number of benzene rings is 1. The largest absolute Gasteiger partial charge is 0.368 e. The Morgan fingerprint density at radius 3 is 2.24 bits per heavy atom. The van der Waals surface area contributed by atoms with Crippen LogP contribution < -0.4 is 21.3 Å². The Labute approximate surface area is 201 Å². The van der Waals surface area contributed by atoms with E-state index in [9.17, 15) is 9.59 Å². The summed E-state index contributed by atoms with van der Waals surface area (Å²) in [6.45, 7) is 3.38. The minimum absolute atomic E-state index is 0.0871. The Morgan fingerprint density at radius 2 is 1.64 bits per heavy atom. The molecule has 172 valence electrons. The second kappa shape index (κ2) is 12.6. The number of nitrogens with one attached hydrogen (secondary N) is 4. The first-order valence-corrected chi connectivity index (χ1v) is 11.7. The van der Waals surface area contributed by atoms with Crippen LogP contribution in [-0.2, 0) is 9.59 Å². The van der Waals surface area contributed by atoms with Crippen molar-refractivity contribution in [3.63, 3.8) is 0 Å². The summed E-state index contributed by atoms with van der Waals surface area (Å²) in [5.74, 6) is 1.51. The molecule has 2 amide bonds. The summed E-state index contributed by atoms with van der Waals surface area (Å²) < 4.78 is 0. The Morgan fingerprint density at radius 1 is 0.970 bits per heavy atom. The predicted octanol–water partition coefficient (Wildman–Crippen LogP) is 3.65. The van der Waals surface area contributed by atoms with Gasteiger partial charge in [-0.3, -0.25) is 9.59 Å². The molecule has 0 atom stereocenters. The van der Waals surface area contributed by atoms with Crippen LogP contribution in [-0.4, -0.2) is 48.0 Å². The first-order valence-electron chi connectivity index (χ1n) is 10.3. The quantitative estimate of drug-likeness (QED) is 0.244. The summed E-state index contributed by atoms with van der Waals surface area (Å²) in [5.41, 5.74) is 1.82. The maximum absolute atomic E-state index is 12.0.